The normalized spacial score (nSPS) is 18.1. The molecule has 0 radical (unpaired) electrons. The maximum Gasteiger partial charge on any atom is 0.329 e. The van der Waals surface area contributed by atoms with Gasteiger partial charge in [0.05, 0.1) is 27.1 Å². The number of pyridine rings is 1. The highest BCUT2D eigenvalue weighted by Crippen LogP contribution is 2.40. The van der Waals surface area contributed by atoms with Crippen LogP contribution in [0.3, 0.4) is 0 Å². The van der Waals surface area contributed by atoms with Crippen molar-refractivity contribution in [1.29, 1.82) is 0 Å². The summed E-state index contributed by atoms with van der Waals surface area (Å²) in [6, 6.07) is 13.5. The molecule has 3 aromatic heterocycles. The van der Waals surface area contributed by atoms with Gasteiger partial charge in [-0.25, -0.2) is 9.78 Å². The molecule has 13 nitrogen and oxygen atoms in total. The summed E-state index contributed by atoms with van der Waals surface area (Å²) in [5, 5.41) is 11.1. The number of nitrogens with one attached hydrogen (secondary N) is 3. The highest BCUT2D eigenvalue weighted by Gasteiger charge is 2.31. The molecule has 3 fully saturated rings. The Morgan fingerprint density at radius 3 is 2.46 bits per heavy atom. The number of aryl methyl sites for hydroxylation is 1. The zero-order chi connectivity index (χ0) is 36.5. The number of aldehydes is 1. The van der Waals surface area contributed by atoms with Crippen molar-refractivity contribution in [3.05, 3.63) is 57.8 Å². The van der Waals surface area contributed by atoms with Crippen LogP contribution in [0.15, 0.2) is 47.3 Å². The highest BCUT2D eigenvalue weighted by molar-refractivity contribution is 7.21. The number of nitrogens with zero attached hydrogens (tertiary/aromatic N) is 6. The van der Waals surface area contributed by atoms with Crippen molar-refractivity contribution in [2.75, 3.05) is 82.1 Å². The van der Waals surface area contributed by atoms with Crippen LogP contribution >= 0.6 is 11.3 Å². The third-order valence-electron chi connectivity index (χ3n) is 10.3. The first-order chi connectivity index (χ1) is 25.2. The standard InChI is InChI=1S/C23H29N5OS.C15H18N4O3/c1-24-8-9-25-23-20(15-29)30-19-6-5-18-17(22(19)23)4-7-21(26-18)28-12-10-27(11-13-28)14-16-2-3-16;1-17(2)9-4-5-10-12(8-9)18(3)15(22)19(10)11-6-7-13(20)16-14(11)21/h4-7,15-16,24-25H,2-3,8-14H2,1H3;4-5,8,11H,6-7H2,1-3H3,(H,16,20,21). The van der Waals surface area contributed by atoms with E-state index in [0.29, 0.717) is 11.9 Å². The first kappa shape index (κ1) is 35.6. The summed E-state index contributed by atoms with van der Waals surface area (Å²) >= 11 is 1.54. The Labute approximate surface area is 306 Å². The van der Waals surface area contributed by atoms with Crippen molar-refractivity contribution in [3.63, 3.8) is 0 Å². The molecular weight excluding hydrogens is 679 g/mol. The second-order valence-corrected chi connectivity index (χ2v) is 15.2. The predicted molar refractivity (Wildman–Crippen MR) is 209 cm³/mol. The van der Waals surface area contributed by atoms with Crippen molar-refractivity contribution >= 4 is 78.7 Å². The third kappa shape index (κ3) is 7.14. The largest absolute Gasteiger partial charge is 0.382 e. The van der Waals surface area contributed by atoms with E-state index in [-0.39, 0.29) is 18.0 Å². The maximum absolute atomic E-state index is 12.5. The molecule has 274 valence electrons. The summed E-state index contributed by atoms with van der Waals surface area (Å²) in [4.78, 5) is 60.3. The molecule has 3 aliphatic rings. The molecule has 1 atom stereocenters. The van der Waals surface area contributed by atoms with E-state index in [1.807, 2.05) is 44.2 Å². The van der Waals surface area contributed by atoms with E-state index in [9.17, 15) is 19.2 Å². The van der Waals surface area contributed by atoms with E-state index in [1.54, 1.807) is 18.4 Å². The number of benzene rings is 2. The van der Waals surface area contributed by atoms with E-state index in [4.69, 9.17) is 4.98 Å². The lowest BCUT2D eigenvalue weighted by molar-refractivity contribution is -0.135. The molecule has 14 heteroatoms. The van der Waals surface area contributed by atoms with Gasteiger partial charge in [-0.15, -0.1) is 11.3 Å². The fourth-order valence-corrected chi connectivity index (χ4v) is 8.25. The van der Waals surface area contributed by atoms with Crippen LogP contribution in [0.1, 0.15) is 41.4 Å². The number of anilines is 3. The Morgan fingerprint density at radius 2 is 1.77 bits per heavy atom. The molecule has 1 unspecified atom stereocenters. The Bertz CT molecular complexity index is 2190. The van der Waals surface area contributed by atoms with Gasteiger partial charge in [0.1, 0.15) is 11.9 Å². The van der Waals surface area contributed by atoms with Gasteiger partial charge < -0.3 is 20.4 Å². The lowest BCUT2D eigenvalue weighted by Gasteiger charge is -2.35. The number of hydrogen-bond donors (Lipinski definition) is 3. The van der Waals surface area contributed by atoms with Gasteiger partial charge in [0, 0.05) is 94.5 Å². The highest BCUT2D eigenvalue weighted by atomic mass is 32.1. The molecule has 5 heterocycles. The topological polar surface area (TPSA) is 137 Å². The number of aromatic nitrogens is 3. The van der Waals surface area contributed by atoms with E-state index in [1.165, 1.54) is 28.5 Å². The van der Waals surface area contributed by atoms with Crippen LogP contribution in [0.2, 0.25) is 0 Å². The van der Waals surface area contributed by atoms with Gasteiger partial charge in [-0.3, -0.25) is 33.7 Å². The third-order valence-corrected chi connectivity index (χ3v) is 11.4. The summed E-state index contributed by atoms with van der Waals surface area (Å²) in [6.45, 7) is 7.23. The minimum Gasteiger partial charge on any atom is -0.382 e. The number of fused-ring (bicyclic) bond motifs is 4. The lowest BCUT2D eigenvalue weighted by atomic mass is 10.1. The minimum atomic E-state index is -0.640. The van der Waals surface area contributed by atoms with Crippen LogP contribution in [-0.4, -0.2) is 104 Å². The molecule has 2 saturated heterocycles. The van der Waals surface area contributed by atoms with Gasteiger partial charge in [0.25, 0.3) is 0 Å². The van der Waals surface area contributed by atoms with Crippen LogP contribution in [0, 0.1) is 5.92 Å². The molecule has 5 aromatic rings. The molecular formula is C38H47N9O4S. The summed E-state index contributed by atoms with van der Waals surface area (Å²) in [5.74, 6) is 1.31. The quantitative estimate of drug-likeness (QED) is 0.111. The van der Waals surface area contributed by atoms with Crippen molar-refractivity contribution in [2.45, 2.75) is 31.7 Å². The second-order valence-electron chi connectivity index (χ2n) is 14.1. The lowest BCUT2D eigenvalue weighted by Crippen LogP contribution is -2.47. The van der Waals surface area contributed by atoms with Gasteiger partial charge in [0.15, 0.2) is 6.29 Å². The summed E-state index contributed by atoms with van der Waals surface area (Å²) in [7, 11) is 7.47. The maximum atomic E-state index is 12.5. The second kappa shape index (κ2) is 15.1. The molecule has 8 rings (SSSR count). The van der Waals surface area contributed by atoms with E-state index >= 15 is 0 Å². The minimum absolute atomic E-state index is 0.245. The zero-order valence-electron chi connectivity index (χ0n) is 30.3. The summed E-state index contributed by atoms with van der Waals surface area (Å²) < 4.78 is 4.14. The molecule has 0 spiro atoms. The Hall–Kier alpha value is -4.79. The molecule has 3 N–H and O–H groups in total. The first-order valence-electron chi connectivity index (χ1n) is 18.1. The van der Waals surface area contributed by atoms with Gasteiger partial charge in [0.2, 0.25) is 11.8 Å². The van der Waals surface area contributed by atoms with Crippen molar-refractivity contribution in [2.24, 2.45) is 13.0 Å². The number of thiophene rings is 1. The number of likely N-dealkylation sites (N-methyl/N-ethyl adjacent to an activating group) is 1. The van der Waals surface area contributed by atoms with Gasteiger partial charge >= 0.3 is 5.69 Å². The van der Waals surface area contributed by atoms with Gasteiger partial charge in [-0.1, -0.05) is 0 Å². The number of hydrogen-bond acceptors (Lipinski definition) is 11. The fraction of sp³-hybridized carbons (Fsp3) is 0.447. The molecule has 1 aliphatic carbocycles. The average Bonchev–Trinajstić information content (AvgIpc) is 3.84. The van der Waals surface area contributed by atoms with Crippen LogP contribution in [0.4, 0.5) is 17.2 Å². The molecule has 52 heavy (non-hydrogen) atoms. The Kier molecular flexibility index (Phi) is 10.3. The van der Waals surface area contributed by atoms with Crippen LogP contribution in [0.5, 0.6) is 0 Å². The van der Waals surface area contributed by atoms with Crippen molar-refractivity contribution < 1.29 is 14.4 Å². The predicted octanol–water partition coefficient (Wildman–Crippen LogP) is 3.81. The van der Waals surface area contributed by atoms with Gasteiger partial charge in [-0.2, -0.15) is 0 Å². The molecule has 0 bridgehead atoms. The SMILES string of the molecule is CN(C)c1ccc2c(c1)n(C)c(=O)n2C1CCC(=O)NC1=O.CNCCNc1c(C=O)sc2ccc3nc(N4CCN(CC5CC5)CC4)ccc3c12. The average molecular weight is 726 g/mol. The van der Waals surface area contributed by atoms with Crippen molar-refractivity contribution in [1.82, 2.24) is 29.7 Å². The fourth-order valence-electron chi connectivity index (χ4n) is 7.24. The van der Waals surface area contributed by atoms with E-state index in [2.05, 4.69) is 50.0 Å². The van der Waals surface area contributed by atoms with E-state index < -0.39 is 11.9 Å². The molecule has 1 saturated carbocycles. The van der Waals surface area contributed by atoms with Crippen LogP contribution in [-0.2, 0) is 16.6 Å². The van der Waals surface area contributed by atoms with Crippen molar-refractivity contribution in [3.8, 4) is 0 Å². The molecule has 2 aliphatic heterocycles. The van der Waals surface area contributed by atoms with Crippen LogP contribution in [0.25, 0.3) is 32.0 Å². The number of carbonyl (C=O) groups is 3. The monoisotopic (exact) mass is 725 g/mol. The number of piperidine rings is 1. The molecule has 2 amide bonds. The summed E-state index contributed by atoms with van der Waals surface area (Å²) in [5.41, 5.74) is 4.12. The van der Waals surface area contributed by atoms with Gasteiger partial charge in [-0.05, 0) is 74.7 Å². The summed E-state index contributed by atoms with van der Waals surface area (Å²) in [6.07, 6.45) is 4.39. The Morgan fingerprint density at radius 1 is 0.981 bits per heavy atom. The molecule has 2 aromatic carbocycles. The number of imide groups is 1. The number of rotatable bonds is 10. The number of imidazole rings is 1. The number of amides is 2. The zero-order valence-corrected chi connectivity index (χ0v) is 31.1. The smallest absolute Gasteiger partial charge is 0.329 e. The van der Waals surface area contributed by atoms with Crippen LogP contribution < -0.4 is 31.4 Å². The number of piperazine rings is 1. The number of carbonyl (C=O) groups excluding carboxylic acids is 3. The first-order valence-corrected chi connectivity index (χ1v) is 18.9. The van der Waals surface area contributed by atoms with E-state index in [0.717, 1.165) is 100 Å². The Balaban J connectivity index is 0.000000170.